The number of likely N-dealkylation sites (N-methyl/N-ethyl adjacent to an activating group) is 2. The first kappa shape index (κ1) is 17.0. The number of carbonyl (C=O) groups is 2. The highest BCUT2D eigenvalue weighted by Crippen LogP contribution is 2.19. The number of hydrogen-bond acceptors (Lipinski definition) is 6. The molecule has 1 aromatic heterocycles. The first-order valence-corrected chi connectivity index (χ1v) is 7.70. The molecule has 0 spiro atoms. The van der Waals surface area contributed by atoms with E-state index in [-0.39, 0.29) is 10.7 Å². The van der Waals surface area contributed by atoms with E-state index in [2.05, 4.69) is 9.97 Å². The Labute approximate surface area is 140 Å². The quantitative estimate of drug-likeness (QED) is 0.464. The normalized spacial score (nSPS) is 15.3. The topological polar surface area (TPSA) is 69.6 Å². The minimum atomic E-state index is -0.398. The van der Waals surface area contributed by atoms with Crippen molar-refractivity contribution in [3.05, 3.63) is 23.7 Å². The molecule has 8 heteroatoms. The second-order valence-electron chi connectivity index (χ2n) is 5.13. The average Bonchev–Trinajstić information content (AvgIpc) is 2.53. The van der Waals surface area contributed by atoms with Gasteiger partial charge in [0.25, 0.3) is 11.8 Å². The second-order valence-corrected chi connectivity index (χ2v) is 5.50. The highest BCUT2D eigenvalue weighted by Gasteiger charge is 2.37. The molecule has 2 amide bonds. The summed E-state index contributed by atoms with van der Waals surface area (Å²) in [6.45, 7) is 4.45. The zero-order chi connectivity index (χ0) is 17.1. The number of anilines is 1. The molecule has 2 heterocycles. The highest BCUT2D eigenvalue weighted by atomic mass is 32.1. The molecule has 0 bridgehead atoms. The van der Waals surface area contributed by atoms with Crippen molar-refractivity contribution in [2.75, 3.05) is 32.1 Å². The van der Waals surface area contributed by atoms with E-state index in [0.717, 1.165) is 0 Å². The molecule has 0 radical (unpaired) electrons. The zero-order valence-electron chi connectivity index (χ0n) is 13.6. The lowest BCUT2D eigenvalue weighted by Gasteiger charge is -2.35. The summed E-state index contributed by atoms with van der Waals surface area (Å²) in [5.74, 6) is -0.101. The van der Waals surface area contributed by atoms with Crippen LogP contribution < -0.4 is 4.90 Å². The summed E-state index contributed by atoms with van der Waals surface area (Å²) in [7, 11) is 3.71. The molecule has 1 aliphatic heterocycles. The van der Waals surface area contributed by atoms with Crippen molar-refractivity contribution in [1.82, 2.24) is 19.8 Å². The smallest absolute Gasteiger partial charge is 0.265 e. The van der Waals surface area contributed by atoms with Crippen LogP contribution in [0.15, 0.2) is 18.0 Å². The molecule has 0 N–H and O–H groups in total. The number of nitrogens with zero attached hydrogens (tertiary/aromatic N) is 5. The number of amides is 2. The molecule has 0 aliphatic carbocycles. The molecule has 1 aliphatic rings. The molecule has 1 aromatic rings. The van der Waals surface area contributed by atoms with E-state index in [1.165, 1.54) is 22.1 Å². The van der Waals surface area contributed by atoms with Gasteiger partial charge in [-0.05, 0) is 32.1 Å². The van der Waals surface area contributed by atoms with Gasteiger partial charge in [-0.1, -0.05) is 0 Å². The average molecular weight is 333 g/mol. The number of aromatic nitrogens is 2. The van der Waals surface area contributed by atoms with Gasteiger partial charge in [-0.2, -0.15) is 0 Å². The number of carbonyl (C=O) groups excluding carboxylic acids is 2. The van der Waals surface area contributed by atoms with Gasteiger partial charge in [-0.3, -0.25) is 24.4 Å². The summed E-state index contributed by atoms with van der Waals surface area (Å²) in [5.41, 5.74) is 0.501. The Kier molecular flexibility index (Phi) is 5.05. The van der Waals surface area contributed by atoms with Crippen molar-refractivity contribution in [3.63, 3.8) is 0 Å². The maximum Gasteiger partial charge on any atom is 0.265 e. The molecule has 23 heavy (non-hydrogen) atoms. The minimum absolute atomic E-state index is 0.0502. The van der Waals surface area contributed by atoms with Crippen LogP contribution in [0.4, 0.5) is 5.82 Å². The molecule has 1 saturated heterocycles. The van der Waals surface area contributed by atoms with Gasteiger partial charge in [0.15, 0.2) is 5.11 Å². The third-order valence-electron chi connectivity index (χ3n) is 3.45. The molecular weight excluding hydrogens is 314 g/mol. The van der Waals surface area contributed by atoms with Crippen molar-refractivity contribution in [2.24, 2.45) is 0 Å². The number of rotatable bonds is 4. The van der Waals surface area contributed by atoms with Crippen molar-refractivity contribution in [3.8, 4) is 0 Å². The molecule has 122 valence electrons. The predicted octanol–water partition coefficient (Wildman–Crippen LogP) is 0.922. The fourth-order valence-corrected chi connectivity index (χ4v) is 2.59. The monoisotopic (exact) mass is 333 g/mol. The summed E-state index contributed by atoms with van der Waals surface area (Å²) in [4.78, 5) is 38.1. The van der Waals surface area contributed by atoms with E-state index < -0.39 is 11.8 Å². The first-order chi connectivity index (χ1) is 10.9. The standard InChI is InChI=1S/C15H19N5O2S/c1-5-19-13(21)11(14(22)20(6-2)15(19)23)7-10-8-17-12(9-16-10)18(3)4/h7-9H,5-6H2,1-4H3. The first-order valence-electron chi connectivity index (χ1n) is 7.29. The van der Waals surface area contributed by atoms with Crippen LogP contribution in [-0.4, -0.2) is 63.9 Å². The van der Waals surface area contributed by atoms with Gasteiger partial charge < -0.3 is 4.90 Å². The number of hydrogen-bond donors (Lipinski definition) is 0. The van der Waals surface area contributed by atoms with Gasteiger partial charge in [-0.15, -0.1) is 0 Å². The van der Waals surface area contributed by atoms with Crippen LogP contribution in [0.1, 0.15) is 19.5 Å². The third-order valence-corrected chi connectivity index (χ3v) is 3.89. The van der Waals surface area contributed by atoms with Gasteiger partial charge in [-0.25, -0.2) is 4.98 Å². The maximum absolute atomic E-state index is 12.5. The Morgan fingerprint density at radius 2 is 1.65 bits per heavy atom. The van der Waals surface area contributed by atoms with Crippen molar-refractivity contribution in [2.45, 2.75) is 13.8 Å². The van der Waals surface area contributed by atoms with Gasteiger partial charge in [0.1, 0.15) is 11.4 Å². The second kappa shape index (κ2) is 6.82. The van der Waals surface area contributed by atoms with E-state index in [0.29, 0.717) is 24.6 Å². The van der Waals surface area contributed by atoms with Crippen molar-refractivity contribution >= 4 is 41.0 Å². The van der Waals surface area contributed by atoms with Crippen LogP contribution in [0.3, 0.4) is 0 Å². The Hall–Kier alpha value is -2.35. The van der Waals surface area contributed by atoms with Gasteiger partial charge in [0, 0.05) is 27.2 Å². The lowest BCUT2D eigenvalue weighted by atomic mass is 10.1. The fraction of sp³-hybridized carbons (Fsp3) is 0.400. The van der Waals surface area contributed by atoms with E-state index in [1.807, 2.05) is 32.8 Å². The summed E-state index contributed by atoms with van der Waals surface area (Å²) >= 11 is 5.21. The van der Waals surface area contributed by atoms with Crippen LogP contribution >= 0.6 is 12.2 Å². The third kappa shape index (κ3) is 3.21. The van der Waals surface area contributed by atoms with E-state index in [1.54, 1.807) is 6.20 Å². The van der Waals surface area contributed by atoms with Crippen LogP contribution in [-0.2, 0) is 9.59 Å². The lowest BCUT2D eigenvalue weighted by Crippen LogP contribution is -2.55. The summed E-state index contributed by atoms with van der Waals surface area (Å²) in [6.07, 6.45) is 4.58. The summed E-state index contributed by atoms with van der Waals surface area (Å²) in [5, 5.41) is 0.246. The van der Waals surface area contributed by atoms with Crippen LogP contribution in [0.2, 0.25) is 0 Å². The zero-order valence-corrected chi connectivity index (χ0v) is 14.4. The lowest BCUT2D eigenvalue weighted by molar-refractivity contribution is -0.133. The molecule has 0 saturated carbocycles. The van der Waals surface area contributed by atoms with Crippen LogP contribution in [0.25, 0.3) is 6.08 Å². The van der Waals surface area contributed by atoms with Gasteiger partial charge in [0.2, 0.25) is 0 Å². The largest absolute Gasteiger partial charge is 0.361 e. The molecule has 0 aromatic carbocycles. The van der Waals surface area contributed by atoms with E-state index in [4.69, 9.17) is 12.2 Å². The van der Waals surface area contributed by atoms with Gasteiger partial charge >= 0.3 is 0 Å². The number of thiocarbonyl (C=S) groups is 1. The van der Waals surface area contributed by atoms with E-state index >= 15 is 0 Å². The van der Waals surface area contributed by atoms with E-state index in [9.17, 15) is 9.59 Å². The molecule has 2 rings (SSSR count). The van der Waals surface area contributed by atoms with Crippen molar-refractivity contribution < 1.29 is 9.59 Å². The fourth-order valence-electron chi connectivity index (χ4n) is 2.17. The van der Waals surface area contributed by atoms with Crippen molar-refractivity contribution in [1.29, 1.82) is 0 Å². The molecule has 7 nitrogen and oxygen atoms in total. The highest BCUT2D eigenvalue weighted by molar-refractivity contribution is 7.80. The molecule has 0 unspecified atom stereocenters. The molecule has 1 fully saturated rings. The Morgan fingerprint density at radius 3 is 2.04 bits per heavy atom. The van der Waals surface area contributed by atoms with Gasteiger partial charge in [0.05, 0.1) is 18.1 Å². The van der Waals surface area contributed by atoms with Crippen LogP contribution in [0, 0.1) is 0 Å². The summed E-state index contributed by atoms with van der Waals surface area (Å²) < 4.78 is 0. The molecule has 0 atom stereocenters. The van der Waals surface area contributed by atoms with Crippen LogP contribution in [0.5, 0.6) is 0 Å². The predicted molar refractivity (Wildman–Crippen MR) is 91.7 cm³/mol. The minimum Gasteiger partial charge on any atom is -0.361 e. The summed E-state index contributed by atoms with van der Waals surface area (Å²) in [6, 6.07) is 0. The Morgan fingerprint density at radius 1 is 1.09 bits per heavy atom. The maximum atomic E-state index is 12.5. The Balaban J connectivity index is 2.40. The molecular formula is C15H19N5O2S. The SMILES string of the molecule is CCN1C(=O)C(=Cc2cnc(N(C)C)cn2)C(=O)N(CC)C1=S. The Bertz CT molecular complexity index is 641.